The van der Waals surface area contributed by atoms with E-state index in [0.717, 1.165) is 6.08 Å². The standard InChI is InChI=1S/C14H13NO5/c1-19-11-6-9-5-8(3-4-13(16)17)14(18)15-10(9)7-12(11)20-2/h3-7H,1-2H3,(H,15,18)(H,16,17)/b4-3+. The van der Waals surface area contributed by atoms with Crippen LogP contribution in [0.25, 0.3) is 17.0 Å². The second-order valence-corrected chi connectivity index (χ2v) is 4.02. The van der Waals surface area contributed by atoms with Gasteiger partial charge in [-0.15, -0.1) is 0 Å². The first-order chi connectivity index (χ1) is 9.55. The third-order valence-electron chi connectivity index (χ3n) is 2.78. The molecule has 0 saturated carbocycles. The van der Waals surface area contributed by atoms with Gasteiger partial charge in [-0.3, -0.25) is 4.79 Å². The van der Waals surface area contributed by atoms with Crippen LogP contribution in [-0.2, 0) is 4.79 Å². The molecule has 0 aliphatic heterocycles. The number of hydrogen-bond donors (Lipinski definition) is 2. The number of pyridine rings is 1. The molecule has 0 saturated heterocycles. The van der Waals surface area contributed by atoms with Gasteiger partial charge in [-0.2, -0.15) is 0 Å². The number of H-pyrrole nitrogens is 1. The second-order valence-electron chi connectivity index (χ2n) is 4.02. The first kappa shape index (κ1) is 13.7. The molecule has 2 aromatic rings. The third-order valence-corrected chi connectivity index (χ3v) is 2.78. The van der Waals surface area contributed by atoms with Crippen molar-refractivity contribution in [2.75, 3.05) is 14.2 Å². The molecule has 0 fully saturated rings. The maximum absolute atomic E-state index is 11.8. The number of aliphatic carboxylic acids is 1. The lowest BCUT2D eigenvalue weighted by atomic mass is 10.1. The van der Waals surface area contributed by atoms with E-state index >= 15 is 0 Å². The zero-order chi connectivity index (χ0) is 14.7. The van der Waals surface area contributed by atoms with E-state index in [-0.39, 0.29) is 11.1 Å². The Balaban J connectivity index is 2.63. The topological polar surface area (TPSA) is 88.6 Å². The van der Waals surface area contributed by atoms with E-state index in [0.29, 0.717) is 22.4 Å². The van der Waals surface area contributed by atoms with Crippen LogP contribution in [0.3, 0.4) is 0 Å². The number of carbonyl (C=O) groups is 1. The Labute approximate surface area is 114 Å². The summed E-state index contributed by atoms with van der Waals surface area (Å²) >= 11 is 0. The number of benzene rings is 1. The molecular formula is C14H13NO5. The molecule has 0 spiro atoms. The molecule has 0 radical (unpaired) electrons. The van der Waals surface area contributed by atoms with E-state index in [2.05, 4.69) is 4.98 Å². The van der Waals surface area contributed by atoms with Gasteiger partial charge in [-0.1, -0.05) is 0 Å². The lowest BCUT2D eigenvalue weighted by Crippen LogP contribution is -2.09. The molecule has 6 nitrogen and oxygen atoms in total. The summed E-state index contributed by atoms with van der Waals surface area (Å²) in [5.41, 5.74) is 0.467. The molecule has 0 aliphatic carbocycles. The monoisotopic (exact) mass is 275 g/mol. The summed E-state index contributed by atoms with van der Waals surface area (Å²) in [6.45, 7) is 0. The maximum Gasteiger partial charge on any atom is 0.328 e. The third kappa shape index (κ3) is 2.64. The van der Waals surface area contributed by atoms with Gasteiger partial charge in [0.25, 0.3) is 5.56 Å². The smallest absolute Gasteiger partial charge is 0.328 e. The number of aromatic amines is 1. The average Bonchev–Trinajstić information content (AvgIpc) is 2.43. The van der Waals surface area contributed by atoms with Gasteiger partial charge in [0, 0.05) is 23.1 Å². The molecule has 0 atom stereocenters. The van der Waals surface area contributed by atoms with Crippen molar-refractivity contribution in [1.29, 1.82) is 0 Å². The van der Waals surface area contributed by atoms with Crippen LogP contribution in [0, 0.1) is 0 Å². The van der Waals surface area contributed by atoms with Crippen molar-refractivity contribution in [1.82, 2.24) is 4.98 Å². The number of aromatic nitrogens is 1. The number of rotatable bonds is 4. The van der Waals surface area contributed by atoms with Gasteiger partial charge in [0.05, 0.1) is 19.7 Å². The fraction of sp³-hybridized carbons (Fsp3) is 0.143. The Morgan fingerprint density at radius 3 is 2.45 bits per heavy atom. The second kappa shape index (κ2) is 5.48. The number of carboxylic acids is 1. The first-order valence-corrected chi connectivity index (χ1v) is 5.75. The molecule has 1 heterocycles. The summed E-state index contributed by atoms with van der Waals surface area (Å²) < 4.78 is 10.3. The van der Waals surface area contributed by atoms with E-state index in [1.54, 1.807) is 18.2 Å². The highest BCUT2D eigenvalue weighted by molar-refractivity contribution is 5.88. The molecule has 2 N–H and O–H groups in total. The minimum atomic E-state index is -1.11. The van der Waals surface area contributed by atoms with Crippen LogP contribution in [0.1, 0.15) is 5.56 Å². The Hall–Kier alpha value is -2.76. The number of ether oxygens (including phenoxy) is 2. The normalized spacial score (nSPS) is 10.9. The maximum atomic E-state index is 11.8. The summed E-state index contributed by atoms with van der Waals surface area (Å²) in [4.78, 5) is 25.0. The van der Waals surface area contributed by atoms with Crippen molar-refractivity contribution in [2.45, 2.75) is 0 Å². The number of nitrogens with one attached hydrogen (secondary N) is 1. The number of methoxy groups -OCH3 is 2. The molecular weight excluding hydrogens is 262 g/mol. The van der Waals surface area contributed by atoms with Crippen molar-refractivity contribution in [3.63, 3.8) is 0 Å². The van der Waals surface area contributed by atoms with Gasteiger partial charge in [0.1, 0.15) is 0 Å². The van der Waals surface area contributed by atoms with Crippen LogP contribution >= 0.6 is 0 Å². The zero-order valence-electron chi connectivity index (χ0n) is 11.0. The van der Waals surface area contributed by atoms with Gasteiger partial charge in [0.15, 0.2) is 11.5 Å². The SMILES string of the molecule is COc1cc2cc(/C=C/C(=O)O)c(=O)[nH]c2cc1OC. The minimum Gasteiger partial charge on any atom is -0.493 e. The van der Waals surface area contributed by atoms with Crippen LogP contribution in [0.4, 0.5) is 0 Å². The lowest BCUT2D eigenvalue weighted by Gasteiger charge is -2.09. The Morgan fingerprint density at radius 2 is 1.85 bits per heavy atom. The number of fused-ring (bicyclic) bond motifs is 1. The molecule has 20 heavy (non-hydrogen) atoms. The lowest BCUT2D eigenvalue weighted by molar-refractivity contribution is -0.131. The summed E-state index contributed by atoms with van der Waals surface area (Å²) in [6, 6.07) is 4.96. The van der Waals surface area contributed by atoms with Crippen molar-refractivity contribution in [3.05, 3.63) is 40.2 Å². The molecule has 104 valence electrons. The molecule has 1 aromatic heterocycles. The van der Waals surface area contributed by atoms with Crippen molar-refractivity contribution >= 4 is 22.9 Å². The van der Waals surface area contributed by atoms with Crippen LogP contribution in [0.2, 0.25) is 0 Å². The van der Waals surface area contributed by atoms with Crippen molar-refractivity contribution < 1.29 is 19.4 Å². The van der Waals surface area contributed by atoms with Crippen LogP contribution in [0.15, 0.2) is 29.1 Å². The zero-order valence-corrected chi connectivity index (χ0v) is 11.0. The fourth-order valence-corrected chi connectivity index (χ4v) is 1.83. The van der Waals surface area contributed by atoms with Crippen LogP contribution in [0.5, 0.6) is 11.5 Å². The number of hydrogen-bond acceptors (Lipinski definition) is 4. The highest BCUT2D eigenvalue weighted by Gasteiger charge is 2.08. The van der Waals surface area contributed by atoms with Crippen LogP contribution in [-0.4, -0.2) is 30.3 Å². The van der Waals surface area contributed by atoms with Gasteiger partial charge < -0.3 is 19.6 Å². The highest BCUT2D eigenvalue weighted by Crippen LogP contribution is 2.31. The summed E-state index contributed by atoms with van der Waals surface area (Å²) in [6.07, 6.45) is 2.16. The summed E-state index contributed by atoms with van der Waals surface area (Å²) in [7, 11) is 3.02. The predicted octanol–water partition coefficient (Wildman–Crippen LogP) is 1.64. The van der Waals surface area contributed by atoms with Gasteiger partial charge in [-0.05, 0) is 18.2 Å². The largest absolute Gasteiger partial charge is 0.493 e. The molecule has 1 aromatic carbocycles. The van der Waals surface area contributed by atoms with E-state index < -0.39 is 5.97 Å². The first-order valence-electron chi connectivity index (χ1n) is 5.75. The molecule has 0 amide bonds. The van der Waals surface area contributed by atoms with Crippen LogP contribution < -0.4 is 15.0 Å². The molecule has 0 bridgehead atoms. The van der Waals surface area contributed by atoms with E-state index in [9.17, 15) is 9.59 Å². The summed E-state index contributed by atoms with van der Waals surface area (Å²) in [5.74, 6) is -0.0819. The van der Waals surface area contributed by atoms with Crippen molar-refractivity contribution in [2.24, 2.45) is 0 Å². The Bertz CT molecular complexity index is 745. The van der Waals surface area contributed by atoms with Gasteiger partial charge in [0.2, 0.25) is 0 Å². The number of carboxylic acid groups (broad SMARTS) is 1. The van der Waals surface area contributed by atoms with E-state index in [1.807, 2.05) is 0 Å². The summed E-state index contributed by atoms with van der Waals surface area (Å²) in [5, 5.41) is 9.31. The molecule has 0 unspecified atom stereocenters. The van der Waals surface area contributed by atoms with E-state index in [4.69, 9.17) is 14.6 Å². The molecule has 2 rings (SSSR count). The Kier molecular flexibility index (Phi) is 3.74. The minimum absolute atomic E-state index is 0.257. The van der Waals surface area contributed by atoms with E-state index in [1.165, 1.54) is 20.3 Å². The fourth-order valence-electron chi connectivity index (χ4n) is 1.83. The van der Waals surface area contributed by atoms with Crippen molar-refractivity contribution in [3.8, 4) is 11.5 Å². The molecule has 0 aliphatic rings. The molecule has 6 heteroatoms. The highest BCUT2D eigenvalue weighted by atomic mass is 16.5. The Morgan fingerprint density at radius 1 is 1.20 bits per heavy atom. The average molecular weight is 275 g/mol. The quantitative estimate of drug-likeness (QED) is 0.828. The predicted molar refractivity (Wildman–Crippen MR) is 74.3 cm³/mol. The van der Waals surface area contributed by atoms with Gasteiger partial charge in [-0.25, -0.2) is 4.79 Å². The van der Waals surface area contributed by atoms with Gasteiger partial charge >= 0.3 is 5.97 Å².